The van der Waals surface area contributed by atoms with Gasteiger partial charge in [-0.05, 0) is 18.6 Å². The fourth-order valence-electron chi connectivity index (χ4n) is 1.84. The van der Waals surface area contributed by atoms with E-state index < -0.39 is 0 Å². The number of halogens is 1. The van der Waals surface area contributed by atoms with Crippen molar-refractivity contribution in [1.29, 1.82) is 0 Å². The summed E-state index contributed by atoms with van der Waals surface area (Å²) >= 11 is 3.51. The Morgan fingerprint density at radius 3 is 2.76 bits per heavy atom. The van der Waals surface area contributed by atoms with E-state index in [4.69, 9.17) is 0 Å². The van der Waals surface area contributed by atoms with E-state index >= 15 is 0 Å². The molecule has 0 saturated heterocycles. The summed E-state index contributed by atoms with van der Waals surface area (Å²) in [5, 5.41) is 0.985. The van der Waals surface area contributed by atoms with Crippen LogP contribution in [0.5, 0.6) is 0 Å². The molecule has 0 unspecified atom stereocenters. The van der Waals surface area contributed by atoms with E-state index in [0.717, 1.165) is 27.4 Å². The van der Waals surface area contributed by atoms with Crippen molar-refractivity contribution in [1.82, 2.24) is 4.98 Å². The average molecular weight is 294 g/mol. The minimum atomic E-state index is -0.315. The van der Waals surface area contributed by atoms with Crippen LogP contribution in [0.4, 0.5) is 0 Å². The number of hydrogen-bond donors (Lipinski definition) is 1. The smallest absolute Gasteiger partial charge is 0.170 e. The Bertz CT molecular complexity index is 569. The lowest BCUT2D eigenvalue weighted by Crippen LogP contribution is -2.23. The van der Waals surface area contributed by atoms with E-state index in [1.165, 1.54) is 0 Å². The molecule has 17 heavy (non-hydrogen) atoms. The second-order valence-corrected chi connectivity index (χ2v) is 5.79. The summed E-state index contributed by atoms with van der Waals surface area (Å²) in [5.41, 5.74) is 1.46. The molecule has 0 fully saturated rings. The molecule has 0 bridgehead atoms. The molecule has 0 saturated carbocycles. The zero-order valence-electron chi connectivity index (χ0n) is 10.3. The third kappa shape index (κ3) is 2.04. The van der Waals surface area contributed by atoms with Crippen LogP contribution in [0.25, 0.3) is 10.9 Å². The van der Waals surface area contributed by atoms with E-state index in [0.29, 0.717) is 0 Å². The summed E-state index contributed by atoms with van der Waals surface area (Å²) in [6.07, 6.45) is 2.65. The molecule has 0 aliphatic rings. The van der Waals surface area contributed by atoms with Crippen LogP contribution in [-0.2, 0) is 0 Å². The number of carbonyl (C=O) groups excluding carboxylic acids is 1. The van der Waals surface area contributed by atoms with Crippen LogP contribution in [0.15, 0.2) is 28.9 Å². The van der Waals surface area contributed by atoms with Crippen LogP contribution < -0.4 is 0 Å². The van der Waals surface area contributed by atoms with Crippen molar-refractivity contribution in [2.24, 2.45) is 5.41 Å². The molecule has 1 N–H and O–H groups in total. The van der Waals surface area contributed by atoms with Gasteiger partial charge in [0.1, 0.15) is 0 Å². The van der Waals surface area contributed by atoms with Crippen molar-refractivity contribution in [3.63, 3.8) is 0 Å². The van der Waals surface area contributed by atoms with E-state index in [1.807, 2.05) is 45.2 Å². The first-order valence-electron chi connectivity index (χ1n) is 5.78. The Hall–Kier alpha value is -1.09. The maximum Gasteiger partial charge on any atom is 0.170 e. The molecule has 2 nitrogen and oxygen atoms in total. The highest BCUT2D eigenvalue weighted by atomic mass is 79.9. The number of fused-ring (bicyclic) bond motifs is 1. The number of aromatic nitrogens is 1. The van der Waals surface area contributed by atoms with Gasteiger partial charge in [-0.2, -0.15) is 0 Å². The molecular weight excluding hydrogens is 278 g/mol. The van der Waals surface area contributed by atoms with Crippen molar-refractivity contribution in [2.75, 3.05) is 0 Å². The van der Waals surface area contributed by atoms with Gasteiger partial charge >= 0.3 is 0 Å². The number of Topliss-reactive ketones (excluding diaryl/α,β-unsaturated/α-hetero) is 1. The van der Waals surface area contributed by atoms with Crippen molar-refractivity contribution in [2.45, 2.75) is 27.2 Å². The van der Waals surface area contributed by atoms with E-state index in [-0.39, 0.29) is 11.2 Å². The second-order valence-electron chi connectivity index (χ2n) is 4.93. The molecule has 3 heteroatoms. The Morgan fingerprint density at radius 2 is 2.12 bits per heavy atom. The highest BCUT2D eigenvalue weighted by molar-refractivity contribution is 9.10. The van der Waals surface area contributed by atoms with Gasteiger partial charge in [-0.1, -0.05) is 42.8 Å². The summed E-state index contributed by atoms with van der Waals surface area (Å²) in [7, 11) is 0. The predicted octanol–water partition coefficient (Wildman–Crippen LogP) is 4.55. The monoisotopic (exact) mass is 293 g/mol. The second kappa shape index (κ2) is 4.30. The molecule has 0 spiro atoms. The minimum absolute atomic E-state index is 0.193. The number of nitrogens with one attached hydrogen (secondary N) is 1. The first kappa shape index (κ1) is 12.4. The Morgan fingerprint density at radius 1 is 1.41 bits per heavy atom. The zero-order valence-corrected chi connectivity index (χ0v) is 11.9. The predicted molar refractivity (Wildman–Crippen MR) is 74.4 cm³/mol. The van der Waals surface area contributed by atoms with Crippen LogP contribution in [0, 0.1) is 5.41 Å². The lowest BCUT2D eigenvalue weighted by Gasteiger charge is -2.20. The highest BCUT2D eigenvalue weighted by Crippen LogP contribution is 2.33. The van der Waals surface area contributed by atoms with Crippen molar-refractivity contribution < 1.29 is 4.79 Å². The van der Waals surface area contributed by atoms with E-state index in [2.05, 4.69) is 20.9 Å². The minimum Gasteiger partial charge on any atom is -0.360 e. The Balaban J connectivity index is 2.61. The molecule has 0 atom stereocenters. The number of benzene rings is 1. The maximum atomic E-state index is 12.5. The fraction of sp³-hybridized carbons (Fsp3) is 0.357. The number of ketones is 1. The first-order chi connectivity index (χ1) is 7.97. The van der Waals surface area contributed by atoms with Crippen molar-refractivity contribution in [3.8, 4) is 0 Å². The largest absolute Gasteiger partial charge is 0.360 e. The van der Waals surface area contributed by atoms with Crippen LogP contribution >= 0.6 is 15.9 Å². The van der Waals surface area contributed by atoms with Crippen molar-refractivity contribution >= 4 is 32.6 Å². The van der Waals surface area contributed by atoms with Crippen molar-refractivity contribution in [3.05, 3.63) is 34.4 Å². The summed E-state index contributed by atoms with van der Waals surface area (Å²) in [5.74, 6) is 0.193. The maximum absolute atomic E-state index is 12.5. The number of H-pyrrole nitrogens is 1. The van der Waals surface area contributed by atoms with Gasteiger partial charge in [0.2, 0.25) is 0 Å². The van der Waals surface area contributed by atoms with Gasteiger partial charge in [0.15, 0.2) is 5.78 Å². The van der Waals surface area contributed by atoms with Crippen LogP contribution in [0.1, 0.15) is 37.6 Å². The molecular formula is C14H16BrNO. The summed E-state index contributed by atoms with van der Waals surface area (Å²) in [6.45, 7) is 6.03. The molecule has 90 valence electrons. The Kier molecular flexibility index (Phi) is 3.13. The van der Waals surface area contributed by atoms with Crippen LogP contribution in [0.2, 0.25) is 0 Å². The zero-order chi connectivity index (χ0) is 12.6. The van der Waals surface area contributed by atoms with Gasteiger partial charge in [-0.15, -0.1) is 0 Å². The van der Waals surface area contributed by atoms with Gasteiger partial charge < -0.3 is 4.98 Å². The van der Waals surface area contributed by atoms with E-state index in [9.17, 15) is 4.79 Å². The molecule has 2 aromatic rings. The number of carbonyl (C=O) groups is 1. The molecule has 0 aliphatic carbocycles. The lowest BCUT2D eigenvalue weighted by atomic mass is 9.82. The summed E-state index contributed by atoms with van der Waals surface area (Å²) in [4.78, 5) is 15.6. The Labute approximate surface area is 110 Å². The number of aromatic amines is 1. The molecule has 1 aromatic carbocycles. The summed E-state index contributed by atoms with van der Waals surface area (Å²) < 4.78 is 0.964. The van der Waals surface area contributed by atoms with Gasteiger partial charge in [0.25, 0.3) is 0 Å². The molecule has 0 aliphatic heterocycles. The SMILES string of the molecule is CCC(C)(C)C(=O)c1c[nH]c2cccc(Br)c12. The third-order valence-corrected chi connectivity index (χ3v) is 4.06. The fourth-order valence-corrected chi connectivity index (χ4v) is 2.42. The van der Waals surface area contributed by atoms with Crippen LogP contribution in [-0.4, -0.2) is 10.8 Å². The van der Waals surface area contributed by atoms with Crippen LogP contribution in [0.3, 0.4) is 0 Å². The topological polar surface area (TPSA) is 32.9 Å². The van der Waals surface area contributed by atoms with Gasteiger partial charge in [0.05, 0.1) is 0 Å². The lowest BCUT2D eigenvalue weighted by molar-refractivity contribution is 0.0835. The molecule has 0 amide bonds. The average Bonchev–Trinajstić information content (AvgIpc) is 2.73. The number of rotatable bonds is 3. The normalized spacial score (nSPS) is 12.0. The number of hydrogen-bond acceptors (Lipinski definition) is 1. The van der Waals surface area contributed by atoms with Gasteiger partial charge in [0, 0.05) is 32.6 Å². The molecule has 1 aromatic heterocycles. The molecule has 1 heterocycles. The standard InChI is InChI=1S/C14H16BrNO/c1-4-14(2,3)13(17)9-8-16-11-7-5-6-10(15)12(9)11/h5-8,16H,4H2,1-3H3. The van der Waals surface area contributed by atoms with Gasteiger partial charge in [-0.3, -0.25) is 4.79 Å². The highest BCUT2D eigenvalue weighted by Gasteiger charge is 2.28. The van der Waals surface area contributed by atoms with Gasteiger partial charge in [-0.25, -0.2) is 0 Å². The molecule has 2 rings (SSSR count). The summed E-state index contributed by atoms with van der Waals surface area (Å²) in [6, 6.07) is 5.91. The third-order valence-electron chi connectivity index (χ3n) is 3.40. The first-order valence-corrected chi connectivity index (χ1v) is 6.57. The quantitative estimate of drug-likeness (QED) is 0.828. The van der Waals surface area contributed by atoms with E-state index in [1.54, 1.807) is 0 Å². The molecule has 0 radical (unpaired) electrons.